The lowest BCUT2D eigenvalue weighted by molar-refractivity contribution is 0.641. The molecule has 7 aromatic carbocycles. The minimum absolute atomic E-state index is 0.615. The number of pyridine rings is 3. The first-order valence-electron chi connectivity index (χ1n) is 20.8. The smallest absolute Gasteiger partial charge is 0.144 e. The quantitative estimate of drug-likeness (QED) is 0.144. The van der Waals surface area contributed by atoms with Gasteiger partial charge >= 0.3 is 0 Å². The molecule has 11 rings (SSSR count). The fourth-order valence-corrected chi connectivity index (χ4v) is 9.37. The Morgan fingerprint density at radius 2 is 1.05 bits per heavy atom. The topological polar surface area (TPSA) is 51.8 Å². The third kappa shape index (κ3) is 5.94. The van der Waals surface area contributed by atoms with E-state index in [9.17, 15) is 0 Å². The van der Waals surface area contributed by atoms with Crippen LogP contribution in [0.1, 0.15) is 47.6 Å². The fourth-order valence-electron chi connectivity index (χ4n) is 9.37. The van der Waals surface area contributed by atoms with Gasteiger partial charge in [-0.05, 0) is 112 Å². The third-order valence-electron chi connectivity index (χ3n) is 12.8. The minimum atomic E-state index is -0.700. The van der Waals surface area contributed by atoms with Crippen LogP contribution < -0.4 is 0 Å². The molecule has 0 N–H and O–H groups in total. The van der Waals surface area contributed by atoms with Crippen LogP contribution in [0.25, 0.3) is 65.9 Å². The van der Waals surface area contributed by atoms with Crippen LogP contribution in [0, 0.1) is 0 Å². The zero-order chi connectivity index (χ0) is 41.0. The molecule has 61 heavy (non-hydrogen) atoms. The second-order valence-electron chi connectivity index (χ2n) is 16.2. The number of nitrogens with zero attached hydrogens (tertiary/aromatic N) is 3. The van der Waals surface area contributed by atoms with Crippen LogP contribution in [0.15, 0.2) is 217 Å². The average molecular weight is 784 g/mol. The van der Waals surface area contributed by atoms with Crippen molar-refractivity contribution in [1.29, 1.82) is 0 Å². The van der Waals surface area contributed by atoms with Gasteiger partial charge in [-0.1, -0.05) is 146 Å². The molecule has 11 aromatic rings. The summed E-state index contributed by atoms with van der Waals surface area (Å²) in [6.45, 7) is 4.52. The summed E-state index contributed by atoms with van der Waals surface area (Å²) >= 11 is 0. The Bertz CT molecular complexity index is 3340. The Morgan fingerprint density at radius 1 is 0.393 bits per heavy atom. The monoisotopic (exact) mass is 783 g/mol. The Hall–Kier alpha value is -7.69. The lowest BCUT2D eigenvalue weighted by atomic mass is 9.72. The highest BCUT2D eigenvalue weighted by Gasteiger charge is 2.37. The van der Waals surface area contributed by atoms with E-state index in [-0.39, 0.29) is 0 Å². The molecule has 2 unspecified atom stereocenters. The van der Waals surface area contributed by atoms with Crippen LogP contribution in [0.4, 0.5) is 0 Å². The van der Waals surface area contributed by atoms with E-state index in [2.05, 4.69) is 202 Å². The average Bonchev–Trinajstić information content (AvgIpc) is 3.73. The van der Waals surface area contributed by atoms with Gasteiger partial charge in [0.2, 0.25) is 0 Å². The van der Waals surface area contributed by atoms with Crippen LogP contribution in [0.5, 0.6) is 0 Å². The summed E-state index contributed by atoms with van der Waals surface area (Å²) in [6, 6.07) is 70.6. The maximum Gasteiger partial charge on any atom is 0.144 e. The first kappa shape index (κ1) is 36.4. The van der Waals surface area contributed by atoms with E-state index in [1.165, 1.54) is 5.39 Å². The maximum atomic E-state index is 7.23. The first-order chi connectivity index (χ1) is 30.0. The lowest BCUT2D eigenvalue weighted by Crippen LogP contribution is -2.28. The van der Waals surface area contributed by atoms with Crippen LogP contribution in [0.3, 0.4) is 0 Å². The summed E-state index contributed by atoms with van der Waals surface area (Å²) in [4.78, 5) is 15.7. The molecule has 0 fully saturated rings. The molecule has 4 heteroatoms. The van der Waals surface area contributed by atoms with Crippen molar-refractivity contribution < 1.29 is 4.42 Å². The molecule has 0 spiro atoms. The number of hydrogen-bond acceptors (Lipinski definition) is 4. The second kappa shape index (κ2) is 14.5. The lowest BCUT2D eigenvalue weighted by Gasteiger charge is -2.31. The standard InChI is InChI=1S/C57H41N3O/c1-56(42-20-8-4-9-21-42,50-26-14-15-33-58-50)44-36-47-46-31-30-40-29-28-39-19-12-13-24-45(39)53(40)55(46)61-54(47)48(37-44)49-25-16-27-51(60-49)57(2,43-22-10-5-11-23-43)52-35-41(32-34-59-52)38-17-6-3-7-18-38/h3-37H,1-2H3. The molecule has 0 amide bonds. The molecule has 0 aliphatic carbocycles. The summed E-state index contributed by atoms with van der Waals surface area (Å²) in [6.07, 6.45) is 3.80. The highest BCUT2D eigenvalue weighted by molar-refractivity contribution is 6.24. The number of benzene rings is 7. The van der Waals surface area contributed by atoms with Crippen LogP contribution in [-0.2, 0) is 10.8 Å². The summed E-state index contributed by atoms with van der Waals surface area (Å²) in [5.74, 6) is 0. The molecule has 0 aliphatic heterocycles. The molecule has 0 aliphatic rings. The van der Waals surface area contributed by atoms with Gasteiger partial charge in [0, 0.05) is 34.1 Å². The molecule has 0 saturated carbocycles. The van der Waals surface area contributed by atoms with Gasteiger partial charge in [0.05, 0.1) is 33.6 Å². The summed E-state index contributed by atoms with van der Waals surface area (Å²) in [7, 11) is 0. The van der Waals surface area contributed by atoms with E-state index >= 15 is 0 Å². The van der Waals surface area contributed by atoms with Crippen LogP contribution >= 0.6 is 0 Å². The van der Waals surface area contributed by atoms with Crippen molar-refractivity contribution in [3.05, 3.63) is 246 Å². The Kier molecular flexibility index (Phi) is 8.68. The maximum absolute atomic E-state index is 7.23. The summed E-state index contributed by atoms with van der Waals surface area (Å²) in [5.41, 5.74) is 10.4. The van der Waals surface area contributed by atoms with Crippen molar-refractivity contribution in [1.82, 2.24) is 15.0 Å². The molecule has 0 bridgehead atoms. The number of furan rings is 1. The van der Waals surface area contributed by atoms with Gasteiger partial charge in [-0.3, -0.25) is 15.0 Å². The van der Waals surface area contributed by atoms with Crippen molar-refractivity contribution >= 4 is 43.5 Å². The summed E-state index contributed by atoms with van der Waals surface area (Å²) < 4.78 is 7.23. The number of rotatable bonds is 8. The van der Waals surface area contributed by atoms with Gasteiger partial charge in [0.1, 0.15) is 11.2 Å². The molecule has 4 nitrogen and oxygen atoms in total. The van der Waals surface area contributed by atoms with E-state index in [4.69, 9.17) is 19.4 Å². The fraction of sp³-hybridized carbons (Fsp3) is 0.0702. The van der Waals surface area contributed by atoms with Crippen LogP contribution in [0.2, 0.25) is 0 Å². The van der Waals surface area contributed by atoms with Gasteiger partial charge in [-0.25, -0.2) is 0 Å². The Balaban J connectivity index is 1.21. The van der Waals surface area contributed by atoms with Gasteiger partial charge in [-0.2, -0.15) is 0 Å². The zero-order valence-corrected chi connectivity index (χ0v) is 34.0. The van der Waals surface area contributed by atoms with Crippen molar-refractivity contribution in [2.45, 2.75) is 24.7 Å². The predicted molar refractivity (Wildman–Crippen MR) is 250 cm³/mol. The largest absolute Gasteiger partial charge is 0.455 e. The van der Waals surface area contributed by atoms with Crippen LogP contribution in [-0.4, -0.2) is 15.0 Å². The van der Waals surface area contributed by atoms with Crippen molar-refractivity contribution in [3.63, 3.8) is 0 Å². The van der Waals surface area contributed by atoms with Crippen molar-refractivity contribution in [3.8, 4) is 22.4 Å². The van der Waals surface area contributed by atoms with E-state index in [0.29, 0.717) is 0 Å². The van der Waals surface area contributed by atoms with E-state index in [0.717, 1.165) is 94.3 Å². The third-order valence-corrected chi connectivity index (χ3v) is 12.8. The van der Waals surface area contributed by atoms with E-state index in [1.807, 2.05) is 24.5 Å². The highest BCUT2D eigenvalue weighted by Crippen LogP contribution is 2.47. The van der Waals surface area contributed by atoms with E-state index in [1.54, 1.807) is 0 Å². The number of fused-ring (bicyclic) bond motifs is 7. The van der Waals surface area contributed by atoms with Gasteiger partial charge in [0.25, 0.3) is 0 Å². The zero-order valence-electron chi connectivity index (χ0n) is 34.0. The van der Waals surface area contributed by atoms with Gasteiger partial charge < -0.3 is 4.42 Å². The summed E-state index contributed by atoms with van der Waals surface area (Å²) in [5, 5.41) is 6.68. The Labute approximate surface area is 354 Å². The molecule has 4 aromatic heterocycles. The van der Waals surface area contributed by atoms with Gasteiger partial charge in [0.15, 0.2) is 0 Å². The van der Waals surface area contributed by atoms with Crippen molar-refractivity contribution in [2.24, 2.45) is 0 Å². The SMILES string of the molecule is CC(c1ccccc1)(c1cc(-c2cccc(C(C)(c3ccccc3)c3cc(-c4ccccc4)ccn3)n2)c2oc3c(ccc4ccc5ccccc5c43)c2c1)c1ccccn1. The molecule has 290 valence electrons. The van der Waals surface area contributed by atoms with Crippen molar-refractivity contribution in [2.75, 3.05) is 0 Å². The first-order valence-corrected chi connectivity index (χ1v) is 20.8. The molecular formula is C57H41N3O. The molecular weight excluding hydrogens is 743 g/mol. The molecule has 0 saturated heterocycles. The number of hydrogen-bond donors (Lipinski definition) is 0. The molecule has 2 atom stereocenters. The molecule has 4 heterocycles. The predicted octanol–water partition coefficient (Wildman–Crippen LogP) is 14.1. The highest BCUT2D eigenvalue weighted by atomic mass is 16.3. The minimum Gasteiger partial charge on any atom is -0.455 e. The number of aromatic nitrogens is 3. The normalized spacial score (nSPS) is 13.7. The Morgan fingerprint density at radius 3 is 1.82 bits per heavy atom. The van der Waals surface area contributed by atoms with E-state index < -0.39 is 10.8 Å². The molecule has 0 radical (unpaired) electrons. The second-order valence-corrected chi connectivity index (χ2v) is 16.2. The van der Waals surface area contributed by atoms with Gasteiger partial charge in [-0.15, -0.1) is 0 Å².